The number of rotatable bonds is 3. The van der Waals surface area contributed by atoms with E-state index in [4.69, 9.17) is 0 Å². The fourth-order valence-corrected chi connectivity index (χ4v) is 3.98. The molecule has 0 spiro atoms. The minimum Gasteiger partial charge on any atom is -0.353 e. The molecule has 136 valence electrons. The van der Waals surface area contributed by atoms with Crippen molar-refractivity contribution in [2.45, 2.75) is 12.7 Å². The van der Waals surface area contributed by atoms with E-state index in [0.29, 0.717) is 12.1 Å². The van der Waals surface area contributed by atoms with E-state index in [9.17, 15) is 13.2 Å². The third-order valence-electron chi connectivity index (χ3n) is 4.57. The predicted molar refractivity (Wildman–Crippen MR) is 96.3 cm³/mol. The van der Waals surface area contributed by atoms with Gasteiger partial charge in [-0.1, -0.05) is 18.2 Å². The summed E-state index contributed by atoms with van der Waals surface area (Å²) in [6.45, 7) is 3.68. The van der Waals surface area contributed by atoms with E-state index in [1.165, 1.54) is 12.1 Å². The fraction of sp³-hybridized carbons (Fsp3) is 0.333. The standard InChI is InChI=1S/C18H17F3N4S/c19-18(20,21)14-3-1-2-13(10-14)11-24-5-7-25(8-6-24)16-15-4-9-26-17(15)23-12-22-16/h1-4,9-10,12H,5-8,11H2. The number of alkyl halides is 3. The van der Waals surface area contributed by atoms with Gasteiger partial charge < -0.3 is 4.90 Å². The highest BCUT2D eigenvalue weighted by Crippen LogP contribution is 2.30. The molecule has 3 heterocycles. The van der Waals surface area contributed by atoms with Gasteiger partial charge in [0.05, 0.1) is 10.9 Å². The summed E-state index contributed by atoms with van der Waals surface area (Å²) in [6.07, 6.45) is -2.71. The maximum atomic E-state index is 12.9. The molecule has 0 N–H and O–H groups in total. The Morgan fingerprint density at radius 2 is 1.85 bits per heavy atom. The van der Waals surface area contributed by atoms with Crippen molar-refractivity contribution in [3.05, 3.63) is 53.2 Å². The quantitative estimate of drug-likeness (QED) is 0.689. The average Bonchev–Trinajstić information content (AvgIpc) is 3.11. The summed E-state index contributed by atoms with van der Waals surface area (Å²) in [5, 5.41) is 3.07. The number of hydrogen-bond donors (Lipinski definition) is 0. The molecule has 8 heteroatoms. The first-order valence-electron chi connectivity index (χ1n) is 8.32. The van der Waals surface area contributed by atoms with Crippen LogP contribution in [0.15, 0.2) is 42.0 Å². The molecule has 0 unspecified atom stereocenters. The summed E-state index contributed by atoms with van der Waals surface area (Å²) in [5.74, 6) is 0.940. The van der Waals surface area contributed by atoms with Crippen LogP contribution in [0, 0.1) is 0 Å². The Bertz CT molecular complexity index is 901. The van der Waals surface area contributed by atoms with Crippen molar-refractivity contribution >= 4 is 27.4 Å². The third-order valence-corrected chi connectivity index (χ3v) is 5.39. The molecular weight excluding hydrogens is 361 g/mol. The third kappa shape index (κ3) is 3.52. The second-order valence-electron chi connectivity index (χ2n) is 6.30. The summed E-state index contributed by atoms with van der Waals surface area (Å²) in [5.41, 5.74) is 0.102. The molecule has 0 aliphatic carbocycles. The van der Waals surface area contributed by atoms with Gasteiger partial charge >= 0.3 is 6.18 Å². The number of benzene rings is 1. The SMILES string of the molecule is FC(F)(F)c1cccc(CN2CCN(c3ncnc4sccc34)CC2)c1. The zero-order valence-corrected chi connectivity index (χ0v) is 14.7. The van der Waals surface area contributed by atoms with Crippen LogP contribution in [0.1, 0.15) is 11.1 Å². The summed E-state index contributed by atoms with van der Waals surface area (Å²) in [7, 11) is 0. The van der Waals surface area contributed by atoms with Crippen LogP contribution in [0.25, 0.3) is 10.2 Å². The lowest BCUT2D eigenvalue weighted by Crippen LogP contribution is -2.46. The van der Waals surface area contributed by atoms with Gasteiger partial charge in [0.15, 0.2) is 0 Å². The second kappa shape index (κ2) is 6.85. The van der Waals surface area contributed by atoms with Gasteiger partial charge in [-0.05, 0) is 23.1 Å². The molecule has 3 aromatic rings. The van der Waals surface area contributed by atoms with Crippen LogP contribution in [-0.2, 0) is 12.7 Å². The Labute approximate surface area is 152 Å². The highest BCUT2D eigenvalue weighted by Gasteiger charge is 2.30. The molecule has 26 heavy (non-hydrogen) atoms. The number of anilines is 1. The van der Waals surface area contributed by atoms with Gasteiger partial charge in [-0.3, -0.25) is 4.90 Å². The maximum Gasteiger partial charge on any atom is 0.416 e. The highest BCUT2D eigenvalue weighted by molar-refractivity contribution is 7.16. The summed E-state index contributed by atoms with van der Waals surface area (Å²) < 4.78 is 38.6. The Morgan fingerprint density at radius 3 is 2.62 bits per heavy atom. The number of fused-ring (bicyclic) bond motifs is 1. The van der Waals surface area contributed by atoms with E-state index in [1.807, 2.05) is 11.4 Å². The van der Waals surface area contributed by atoms with E-state index in [2.05, 4.69) is 19.8 Å². The molecule has 1 aromatic carbocycles. The predicted octanol–water partition coefficient (Wildman–Crippen LogP) is 4.03. The lowest BCUT2D eigenvalue weighted by Gasteiger charge is -2.35. The Kier molecular flexibility index (Phi) is 4.54. The number of thiophene rings is 1. The molecule has 1 fully saturated rings. The van der Waals surface area contributed by atoms with Gasteiger partial charge in [-0.25, -0.2) is 9.97 Å². The molecule has 2 aromatic heterocycles. The van der Waals surface area contributed by atoms with Crippen LogP contribution in [0.2, 0.25) is 0 Å². The first kappa shape index (κ1) is 17.2. The van der Waals surface area contributed by atoms with Gasteiger partial charge in [-0.15, -0.1) is 11.3 Å². The molecule has 0 atom stereocenters. The Balaban J connectivity index is 1.42. The van der Waals surface area contributed by atoms with Crippen molar-refractivity contribution in [1.82, 2.24) is 14.9 Å². The van der Waals surface area contributed by atoms with Gasteiger partial charge in [0.25, 0.3) is 0 Å². The fourth-order valence-electron chi connectivity index (χ4n) is 3.25. The van der Waals surface area contributed by atoms with Crippen molar-refractivity contribution in [1.29, 1.82) is 0 Å². The average molecular weight is 378 g/mol. The molecule has 0 saturated carbocycles. The zero-order valence-electron chi connectivity index (χ0n) is 13.9. The normalized spacial score (nSPS) is 16.3. The van der Waals surface area contributed by atoms with E-state index in [1.54, 1.807) is 23.7 Å². The van der Waals surface area contributed by atoms with Crippen molar-refractivity contribution < 1.29 is 13.2 Å². The van der Waals surface area contributed by atoms with Crippen LogP contribution in [0.3, 0.4) is 0 Å². The molecule has 4 rings (SSSR count). The minimum atomic E-state index is -4.30. The Hall–Kier alpha value is -2.19. The van der Waals surface area contributed by atoms with Crippen LogP contribution < -0.4 is 4.90 Å². The Morgan fingerprint density at radius 1 is 1.04 bits per heavy atom. The summed E-state index contributed by atoms with van der Waals surface area (Å²) in [4.78, 5) is 14.1. The molecule has 0 radical (unpaired) electrons. The number of hydrogen-bond acceptors (Lipinski definition) is 5. The van der Waals surface area contributed by atoms with Crippen molar-refractivity contribution in [3.63, 3.8) is 0 Å². The van der Waals surface area contributed by atoms with E-state index in [-0.39, 0.29) is 0 Å². The van der Waals surface area contributed by atoms with Gasteiger partial charge in [0.2, 0.25) is 0 Å². The number of nitrogens with zero attached hydrogens (tertiary/aromatic N) is 4. The molecule has 4 nitrogen and oxygen atoms in total. The monoisotopic (exact) mass is 378 g/mol. The minimum absolute atomic E-state index is 0.523. The second-order valence-corrected chi connectivity index (χ2v) is 7.19. The van der Waals surface area contributed by atoms with Gasteiger partial charge in [-0.2, -0.15) is 13.2 Å². The molecule has 0 bridgehead atoms. The van der Waals surface area contributed by atoms with Crippen LogP contribution >= 0.6 is 11.3 Å². The number of halogens is 3. The van der Waals surface area contributed by atoms with Crippen molar-refractivity contribution in [2.75, 3.05) is 31.1 Å². The lowest BCUT2D eigenvalue weighted by atomic mass is 10.1. The van der Waals surface area contributed by atoms with Gasteiger partial charge in [0.1, 0.15) is 17.0 Å². The van der Waals surface area contributed by atoms with Crippen molar-refractivity contribution in [2.24, 2.45) is 0 Å². The first-order chi connectivity index (χ1) is 12.5. The smallest absolute Gasteiger partial charge is 0.353 e. The van der Waals surface area contributed by atoms with Gasteiger partial charge in [0, 0.05) is 32.7 Å². The topological polar surface area (TPSA) is 32.3 Å². The number of aromatic nitrogens is 2. The van der Waals surface area contributed by atoms with Crippen molar-refractivity contribution in [3.8, 4) is 0 Å². The largest absolute Gasteiger partial charge is 0.416 e. The summed E-state index contributed by atoms with van der Waals surface area (Å²) in [6, 6.07) is 7.61. The zero-order chi connectivity index (χ0) is 18.1. The van der Waals surface area contributed by atoms with Crippen LogP contribution in [0.5, 0.6) is 0 Å². The molecule has 1 aliphatic heterocycles. The van der Waals surface area contributed by atoms with E-state index < -0.39 is 11.7 Å². The highest BCUT2D eigenvalue weighted by atomic mass is 32.1. The molecular formula is C18H17F3N4S. The maximum absolute atomic E-state index is 12.9. The van der Waals surface area contributed by atoms with E-state index >= 15 is 0 Å². The van der Waals surface area contributed by atoms with Crippen LogP contribution in [-0.4, -0.2) is 41.0 Å². The molecule has 1 aliphatic rings. The van der Waals surface area contributed by atoms with Crippen LogP contribution in [0.4, 0.5) is 19.0 Å². The summed E-state index contributed by atoms with van der Waals surface area (Å²) >= 11 is 1.59. The molecule has 0 amide bonds. The first-order valence-corrected chi connectivity index (χ1v) is 9.20. The van der Waals surface area contributed by atoms with E-state index in [0.717, 1.165) is 48.3 Å². The number of piperazine rings is 1. The lowest BCUT2D eigenvalue weighted by molar-refractivity contribution is -0.137. The molecule has 1 saturated heterocycles.